The maximum atomic E-state index is 11.3. The second kappa shape index (κ2) is 7.98. The molecular weight excluding hydrogens is 338 g/mol. The molecule has 0 fully saturated rings. The second-order valence-corrected chi connectivity index (χ2v) is 6.45. The molecule has 2 aromatic heterocycles. The lowest BCUT2D eigenvalue weighted by Gasteiger charge is -2.07. The van der Waals surface area contributed by atoms with E-state index in [-0.39, 0.29) is 12.4 Å². The molecule has 0 saturated heterocycles. The smallest absolute Gasteiger partial charge is 0.309 e. The van der Waals surface area contributed by atoms with Gasteiger partial charge in [0.1, 0.15) is 11.5 Å². The topological polar surface area (TPSA) is 61.6 Å². The third-order valence-electron chi connectivity index (χ3n) is 3.71. The highest BCUT2D eigenvalue weighted by molar-refractivity contribution is 7.13. The number of nitrogens with zero attached hydrogens (tertiary/aromatic N) is 1. The number of carbonyl (C=O) groups is 1. The van der Waals surface area contributed by atoms with Gasteiger partial charge in [0.2, 0.25) is 5.89 Å². The Kier molecular flexibility index (Phi) is 5.50. The van der Waals surface area contributed by atoms with Gasteiger partial charge in [-0.05, 0) is 36.1 Å². The highest BCUT2D eigenvalue weighted by Crippen LogP contribution is 2.26. The number of methoxy groups -OCH3 is 1. The van der Waals surface area contributed by atoms with E-state index in [2.05, 4.69) is 9.72 Å². The number of benzene rings is 1. The predicted molar refractivity (Wildman–Crippen MR) is 95.9 cm³/mol. The van der Waals surface area contributed by atoms with E-state index in [1.807, 2.05) is 48.7 Å². The number of oxazole rings is 1. The van der Waals surface area contributed by atoms with Crippen molar-refractivity contribution in [1.82, 2.24) is 4.98 Å². The summed E-state index contributed by atoms with van der Waals surface area (Å²) in [5, 5.41) is 2.00. The van der Waals surface area contributed by atoms with E-state index in [0.717, 1.165) is 27.6 Å². The van der Waals surface area contributed by atoms with E-state index in [0.29, 0.717) is 18.9 Å². The van der Waals surface area contributed by atoms with Gasteiger partial charge in [-0.15, -0.1) is 11.3 Å². The number of hydrogen-bond donors (Lipinski definition) is 0. The highest BCUT2D eigenvalue weighted by Gasteiger charge is 2.12. The van der Waals surface area contributed by atoms with Crippen LogP contribution >= 0.6 is 11.3 Å². The molecule has 0 bridgehead atoms. The van der Waals surface area contributed by atoms with E-state index < -0.39 is 0 Å². The molecule has 0 radical (unpaired) electrons. The van der Waals surface area contributed by atoms with Gasteiger partial charge in [0.15, 0.2) is 0 Å². The van der Waals surface area contributed by atoms with Crippen LogP contribution in [0.3, 0.4) is 0 Å². The minimum atomic E-state index is -0.267. The molecule has 0 spiro atoms. The van der Waals surface area contributed by atoms with Crippen molar-refractivity contribution in [2.45, 2.75) is 19.8 Å². The zero-order chi connectivity index (χ0) is 17.6. The van der Waals surface area contributed by atoms with Crippen molar-refractivity contribution in [2.24, 2.45) is 0 Å². The first-order valence-electron chi connectivity index (χ1n) is 7.94. The number of hydrogen-bond acceptors (Lipinski definition) is 6. The fourth-order valence-corrected chi connectivity index (χ4v) is 3.06. The molecule has 25 heavy (non-hydrogen) atoms. The molecule has 0 aliphatic carbocycles. The van der Waals surface area contributed by atoms with Crippen molar-refractivity contribution >= 4 is 17.3 Å². The fourth-order valence-electron chi connectivity index (χ4n) is 2.42. The van der Waals surface area contributed by atoms with E-state index >= 15 is 0 Å². The lowest BCUT2D eigenvalue weighted by Crippen LogP contribution is -2.06. The van der Waals surface area contributed by atoms with Gasteiger partial charge >= 0.3 is 5.97 Å². The van der Waals surface area contributed by atoms with Crippen LogP contribution < -0.4 is 4.74 Å². The number of ether oxygens (including phenoxy) is 2. The van der Waals surface area contributed by atoms with Crippen LogP contribution in [0.5, 0.6) is 5.75 Å². The number of rotatable bonds is 7. The molecule has 0 amide bonds. The number of aromatic nitrogens is 1. The number of esters is 1. The van der Waals surface area contributed by atoms with Gasteiger partial charge in [0, 0.05) is 6.42 Å². The normalized spacial score (nSPS) is 10.6. The largest absolute Gasteiger partial charge is 0.493 e. The third-order valence-corrected chi connectivity index (χ3v) is 4.56. The van der Waals surface area contributed by atoms with Crippen molar-refractivity contribution in [3.63, 3.8) is 0 Å². The SMILES string of the molecule is COC(=O)Cc1cccc(OCCc2nc(-c3cccs3)oc2C)c1. The van der Waals surface area contributed by atoms with E-state index in [9.17, 15) is 4.79 Å². The average Bonchev–Trinajstić information content (AvgIpc) is 3.25. The van der Waals surface area contributed by atoms with Crippen LogP contribution in [-0.2, 0) is 22.4 Å². The highest BCUT2D eigenvalue weighted by atomic mass is 32.1. The van der Waals surface area contributed by atoms with Crippen molar-refractivity contribution in [1.29, 1.82) is 0 Å². The summed E-state index contributed by atoms with van der Waals surface area (Å²) in [6.07, 6.45) is 0.891. The van der Waals surface area contributed by atoms with Crippen LogP contribution in [0.4, 0.5) is 0 Å². The Balaban J connectivity index is 1.58. The monoisotopic (exact) mass is 357 g/mol. The maximum absolute atomic E-state index is 11.3. The van der Waals surface area contributed by atoms with Crippen LogP contribution in [-0.4, -0.2) is 24.7 Å². The molecule has 3 rings (SSSR count). The molecule has 6 heteroatoms. The number of carbonyl (C=O) groups excluding carboxylic acids is 1. The Labute approximate surface area is 150 Å². The second-order valence-electron chi connectivity index (χ2n) is 5.50. The van der Waals surface area contributed by atoms with Crippen molar-refractivity contribution in [3.8, 4) is 16.5 Å². The first-order chi connectivity index (χ1) is 12.2. The van der Waals surface area contributed by atoms with Crippen molar-refractivity contribution < 1.29 is 18.7 Å². The molecule has 2 heterocycles. The standard InChI is InChI=1S/C19H19NO4S/c1-13-16(20-19(24-13)17-7-4-10-25-17)8-9-23-15-6-3-5-14(11-15)12-18(21)22-2/h3-7,10-11H,8-9,12H2,1-2H3. The predicted octanol–water partition coefficient (Wildman–Crippen LogP) is 4.05. The van der Waals surface area contributed by atoms with Crippen LogP contribution in [0, 0.1) is 6.92 Å². The molecule has 0 unspecified atom stereocenters. The summed E-state index contributed by atoms with van der Waals surface area (Å²) in [5.74, 6) is 1.92. The molecule has 0 N–H and O–H groups in total. The average molecular weight is 357 g/mol. The summed E-state index contributed by atoms with van der Waals surface area (Å²) in [6.45, 7) is 2.40. The Morgan fingerprint density at radius 1 is 1.28 bits per heavy atom. The van der Waals surface area contributed by atoms with Gasteiger partial charge in [-0.3, -0.25) is 4.79 Å². The van der Waals surface area contributed by atoms with Crippen molar-refractivity contribution in [2.75, 3.05) is 13.7 Å². The number of thiophene rings is 1. The Morgan fingerprint density at radius 2 is 2.16 bits per heavy atom. The summed E-state index contributed by atoms with van der Waals surface area (Å²) >= 11 is 1.60. The molecule has 0 aliphatic heterocycles. The first kappa shape index (κ1) is 17.2. The molecule has 130 valence electrons. The molecule has 0 aliphatic rings. The molecule has 1 aromatic carbocycles. The molecule has 0 atom stereocenters. The molecule has 3 aromatic rings. The van der Waals surface area contributed by atoms with Crippen LogP contribution in [0.15, 0.2) is 46.2 Å². The maximum Gasteiger partial charge on any atom is 0.309 e. The lowest BCUT2D eigenvalue weighted by molar-refractivity contribution is -0.139. The van der Waals surface area contributed by atoms with Gasteiger partial charge < -0.3 is 13.9 Å². The Bertz CT molecular complexity index is 839. The molecule has 0 saturated carbocycles. The minimum absolute atomic E-state index is 0.236. The summed E-state index contributed by atoms with van der Waals surface area (Å²) in [6, 6.07) is 11.4. The minimum Gasteiger partial charge on any atom is -0.493 e. The van der Waals surface area contributed by atoms with Crippen LogP contribution in [0.2, 0.25) is 0 Å². The molecule has 5 nitrogen and oxygen atoms in total. The summed E-state index contributed by atoms with van der Waals surface area (Å²) in [4.78, 5) is 16.9. The van der Waals surface area contributed by atoms with Gasteiger partial charge in [-0.2, -0.15) is 0 Å². The fraction of sp³-hybridized carbons (Fsp3) is 0.263. The quantitative estimate of drug-likeness (QED) is 0.597. The lowest BCUT2D eigenvalue weighted by atomic mass is 10.1. The van der Waals surface area contributed by atoms with E-state index in [1.165, 1.54) is 7.11 Å². The van der Waals surface area contributed by atoms with Crippen molar-refractivity contribution in [3.05, 3.63) is 58.8 Å². The van der Waals surface area contributed by atoms with Gasteiger partial charge in [-0.1, -0.05) is 18.2 Å². The Morgan fingerprint density at radius 3 is 2.92 bits per heavy atom. The van der Waals surface area contributed by atoms with E-state index in [1.54, 1.807) is 11.3 Å². The summed E-state index contributed by atoms with van der Waals surface area (Å²) in [5.41, 5.74) is 1.76. The zero-order valence-electron chi connectivity index (χ0n) is 14.2. The summed E-state index contributed by atoms with van der Waals surface area (Å²) in [7, 11) is 1.38. The van der Waals surface area contributed by atoms with Gasteiger partial charge in [-0.25, -0.2) is 4.98 Å². The molecular formula is C19H19NO4S. The zero-order valence-corrected chi connectivity index (χ0v) is 15.0. The van der Waals surface area contributed by atoms with Gasteiger partial charge in [0.25, 0.3) is 0 Å². The number of aryl methyl sites for hydroxylation is 1. The van der Waals surface area contributed by atoms with Gasteiger partial charge in [0.05, 0.1) is 30.7 Å². The summed E-state index contributed by atoms with van der Waals surface area (Å²) < 4.78 is 16.2. The third kappa shape index (κ3) is 4.48. The van der Waals surface area contributed by atoms with Crippen LogP contribution in [0.1, 0.15) is 17.0 Å². The van der Waals surface area contributed by atoms with Crippen LogP contribution in [0.25, 0.3) is 10.8 Å². The Hall–Kier alpha value is -2.60. The van der Waals surface area contributed by atoms with E-state index in [4.69, 9.17) is 9.15 Å². The first-order valence-corrected chi connectivity index (χ1v) is 8.82.